The number of unbranched alkanes of at least 4 members (excludes halogenated alkanes) is 2. The van der Waals surface area contributed by atoms with E-state index in [0.717, 1.165) is 49.3 Å². The van der Waals surface area contributed by atoms with Crippen LogP contribution in [-0.2, 0) is 16.1 Å². The van der Waals surface area contributed by atoms with Crippen LogP contribution in [-0.4, -0.2) is 30.3 Å². The van der Waals surface area contributed by atoms with Gasteiger partial charge in [-0.2, -0.15) is 0 Å². The van der Waals surface area contributed by atoms with E-state index in [2.05, 4.69) is 29.2 Å². The van der Waals surface area contributed by atoms with Crippen LogP contribution < -0.4 is 9.64 Å². The number of carboxylic acid groups (broad SMARTS) is 1. The van der Waals surface area contributed by atoms with Gasteiger partial charge in [0.25, 0.3) is 0 Å². The van der Waals surface area contributed by atoms with Gasteiger partial charge in [0, 0.05) is 36.8 Å². The summed E-state index contributed by atoms with van der Waals surface area (Å²) in [7, 11) is 0. The van der Waals surface area contributed by atoms with Gasteiger partial charge < -0.3 is 19.5 Å². The van der Waals surface area contributed by atoms with Gasteiger partial charge in [0.05, 0.1) is 14.1 Å². The van der Waals surface area contributed by atoms with E-state index in [1.807, 2.05) is 38.1 Å². The van der Waals surface area contributed by atoms with E-state index >= 15 is 0 Å². The van der Waals surface area contributed by atoms with Crippen molar-refractivity contribution in [3.63, 3.8) is 0 Å². The summed E-state index contributed by atoms with van der Waals surface area (Å²) in [5.74, 6) is 0.0656. The Morgan fingerprint density at radius 2 is 1.94 bits per heavy atom. The Labute approximate surface area is 193 Å². The Hall–Kier alpha value is -2.53. The predicted octanol–water partition coefficient (Wildman–Crippen LogP) is 6.37. The van der Waals surface area contributed by atoms with Crippen LogP contribution in [0, 0.1) is 0 Å². The maximum Gasteiger partial charge on any atom is 0.303 e. The molecule has 2 aromatic carbocycles. The Morgan fingerprint density at radius 1 is 1.16 bits per heavy atom. The molecule has 1 unspecified atom stereocenters. The zero-order chi connectivity index (χ0) is 23.7. The number of para-hydroxylation sites is 1. The molecule has 2 aromatic rings. The van der Waals surface area contributed by atoms with Crippen molar-refractivity contribution in [3.8, 4) is 5.75 Å². The number of hydrogen-bond acceptors (Lipinski definition) is 4. The molecular weight excluding hydrogens is 402 g/mol. The maximum absolute atomic E-state index is 10.6. The number of benzene rings is 2. The summed E-state index contributed by atoms with van der Waals surface area (Å²) in [6.07, 6.45) is 6.10. The first kappa shape index (κ1) is 22.7. The number of ether oxygens (including phenoxy) is 2. The highest BCUT2D eigenvalue weighted by Crippen LogP contribution is 2.31. The van der Waals surface area contributed by atoms with Crippen LogP contribution in [0.1, 0.15) is 77.4 Å². The molecule has 1 saturated heterocycles. The van der Waals surface area contributed by atoms with E-state index in [-0.39, 0.29) is 12.5 Å². The SMILES string of the molecule is [2H]C(C)(C)N(Cc1ccccc1OCCCCCC(=O)O)c1ccc(C2CCCCO2)cc1. The van der Waals surface area contributed by atoms with Gasteiger partial charge >= 0.3 is 5.97 Å². The topological polar surface area (TPSA) is 59.0 Å². The minimum atomic E-state index is -0.813. The fourth-order valence-electron chi connectivity index (χ4n) is 4.06. The summed E-state index contributed by atoms with van der Waals surface area (Å²) in [5.41, 5.74) is 3.23. The molecule has 5 heteroatoms. The van der Waals surface area contributed by atoms with Gasteiger partial charge in [-0.05, 0) is 76.1 Å². The van der Waals surface area contributed by atoms with Crippen LogP contribution in [0.25, 0.3) is 0 Å². The quantitative estimate of drug-likeness (QED) is 0.389. The lowest BCUT2D eigenvalue weighted by atomic mass is 10.0. The highest BCUT2D eigenvalue weighted by Gasteiger charge is 2.18. The molecule has 0 spiro atoms. The average molecular weight is 441 g/mol. The second-order valence-corrected chi connectivity index (χ2v) is 8.64. The average Bonchev–Trinajstić information content (AvgIpc) is 2.80. The fraction of sp³-hybridized carbons (Fsp3) is 0.519. The van der Waals surface area contributed by atoms with E-state index in [9.17, 15) is 4.79 Å². The molecule has 1 heterocycles. The molecule has 0 saturated carbocycles. The molecule has 1 aliphatic rings. The molecule has 0 amide bonds. The van der Waals surface area contributed by atoms with Gasteiger partial charge in [-0.1, -0.05) is 30.3 Å². The first-order valence-electron chi connectivity index (χ1n) is 12.3. The predicted molar refractivity (Wildman–Crippen MR) is 128 cm³/mol. The number of carboxylic acids is 1. The van der Waals surface area contributed by atoms with Crippen LogP contribution in [0.2, 0.25) is 0 Å². The summed E-state index contributed by atoms with van der Waals surface area (Å²) >= 11 is 0. The fourth-order valence-corrected chi connectivity index (χ4v) is 4.06. The molecule has 1 atom stereocenters. The van der Waals surface area contributed by atoms with E-state index < -0.39 is 12.0 Å². The standard InChI is InChI=1S/C27H37NO4/c1-21(2)28(24-16-14-22(15-17-24)25-12-7-9-19-31-25)20-23-10-5-6-11-26(23)32-18-8-3-4-13-27(29)30/h5-6,10-11,14-17,21,25H,3-4,7-9,12-13,18-20H2,1-2H3,(H,29,30)/i21D. The summed E-state index contributed by atoms with van der Waals surface area (Å²) in [4.78, 5) is 12.7. The van der Waals surface area contributed by atoms with E-state index in [4.69, 9.17) is 16.0 Å². The van der Waals surface area contributed by atoms with E-state index in [1.165, 1.54) is 12.0 Å². The van der Waals surface area contributed by atoms with Crippen LogP contribution in [0.5, 0.6) is 5.75 Å². The van der Waals surface area contributed by atoms with E-state index in [0.29, 0.717) is 19.6 Å². The molecule has 0 bridgehead atoms. The van der Waals surface area contributed by atoms with Crippen LogP contribution in [0.4, 0.5) is 5.69 Å². The zero-order valence-corrected chi connectivity index (χ0v) is 19.4. The first-order chi connectivity index (χ1) is 15.8. The van der Waals surface area contributed by atoms with Gasteiger partial charge in [0.15, 0.2) is 0 Å². The van der Waals surface area contributed by atoms with Crippen molar-refractivity contribution in [2.45, 2.75) is 77.5 Å². The van der Waals surface area contributed by atoms with Crippen molar-refractivity contribution in [1.82, 2.24) is 0 Å². The molecule has 0 aromatic heterocycles. The molecule has 1 N–H and O–H groups in total. The highest BCUT2D eigenvalue weighted by molar-refractivity contribution is 5.66. The second kappa shape index (κ2) is 12.5. The summed E-state index contributed by atoms with van der Waals surface area (Å²) < 4.78 is 20.7. The van der Waals surface area contributed by atoms with Gasteiger partial charge in [-0.25, -0.2) is 0 Å². The van der Waals surface area contributed by atoms with Gasteiger partial charge in [0.1, 0.15) is 5.75 Å². The Bertz CT molecular complexity index is 872. The molecule has 0 radical (unpaired) electrons. The number of carbonyl (C=O) groups is 1. The van der Waals surface area contributed by atoms with Crippen LogP contribution >= 0.6 is 0 Å². The third kappa shape index (κ3) is 7.27. The molecule has 1 aliphatic heterocycles. The molecular formula is C27H37NO4. The second-order valence-electron chi connectivity index (χ2n) is 8.64. The molecule has 1 fully saturated rings. The summed E-state index contributed by atoms with van der Waals surface area (Å²) in [5, 5.41) is 8.75. The smallest absolute Gasteiger partial charge is 0.303 e. The largest absolute Gasteiger partial charge is 0.493 e. The van der Waals surface area contributed by atoms with Crippen LogP contribution in [0.3, 0.4) is 0 Å². The molecule has 32 heavy (non-hydrogen) atoms. The van der Waals surface area contributed by atoms with E-state index in [1.54, 1.807) is 0 Å². The Kier molecular flexibility index (Phi) is 8.84. The maximum atomic E-state index is 10.6. The Balaban J connectivity index is 1.66. The number of hydrogen-bond donors (Lipinski definition) is 1. The number of aliphatic carboxylic acids is 1. The van der Waals surface area contributed by atoms with Gasteiger partial charge in [0.2, 0.25) is 0 Å². The molecule has 174 valence electrons. The number of nitrogens with zero attached hydrogens (tertiary/aromatic N) is 1. The lowest BCUT2D eigenvalue weighted by Gasteiger charge is -2.30. The number of anilines is 1. The zero-order valence-electron chi connectivity index (χ0n) is 20.4. The minimum absolute atomic E-state index is 0.176. The van der Waals surface area contributed by atoms with Crippen molar-refractivity contribution < 1.29 is 20.7 Å². The van der Waals surface area contributed by atoms with Gasteiger partial charge in [-0.15, -0.1) is 0 Å². The number of rotatable bonds is 12. The van der Waals surface area contributed by atoms with Crippen molar-refractivity contribution in [2.75, 3.05) is 18.1 Å². The van der Waals surface area contributed by atoms with Crippen molar-refractivity contribution in [3.05, 3.63) is 59.7 Å². The first-order valence-corrected chi connectivity index (χ1v) is 11.8. The summed E-state index contributed by atoms with van der Waals surface area (Å²) in [6.45, 7) is 5.74. The summed E-state index contributed by atoms with van der Waals surface area (Å²) in [6, 6.07) is 15.6. The van der Waals surface area contributed by atoms with Crippen molar-refractivity contribution in [1.29, 1.82) is 0 Å². The monoisotopic (exact) mass is 440 g/mol. The van der Waals surface area contributed by atoms with Gasteiger partial charge in [-0.3, -0.25) is 4.79 Å². The lowest BCUT2D eigenvalue weighted by molar-refractivity contribution is -0.137. The normalized spacial score (nSPS) is 16.9. The van der Waals surface area contributed by atoms with Crippen LogP contribution in [0.15, 0.2) is 48.5 Å². The highest BCUT2D eigenvalue weighted by atomic mass is 16.5. The van der Waals surface area contributed by atoms with Crippen molar-refractivity contribution in [2.24, 2.45) is 0 Å². The lowest BCUT2D eigenvalue weighted by Crippen LogP contribution is -2.30. The Morgan fingerprint density at radius 3 is 2.62 bits per heavy atom. The minimum Gasteiger partial charge on any atom is -0.493 e. The third-order valence-electron chi connectivity index (χ3n) is 5.89. The molecule has 3 rings (SSSR count). The molecule has 5 nitrogen and oxygen atoms in total. The van der Waals surface area contributed by atoms with Crippen molar-refractivity contribution >= 4 is 11.7 Å². The third-order valence-corrected chi connectivity index (χ3v) is 5.89. The molecule has 0 aliphatic carbocycles.